The molecule has 3 nitrogen and oxygen atoms in total. The summed E-state index contributed by atoms with van der Waals surface area (Å²) in [5, 5.41) is 3.38. The normalized spacial score (nSPS) is 19.1. The van der Waals surface area contributed by atoms with E-state index in [-0.39, 0.29) is 11.9 Å². The van der Waals surface area contributed by atoms with E-state index in [9.17, 15) is 4.79 Å². The molecular formula is C17H24N2O. The number of benzene rings is 1. The Bertz CT molecular complexity index is 492. The van der Waals surface area contributed by atoms with E-state index in [1.165, 1.54) is 36.0 Å². The highest BCUT2D eigenvalue weighted by Crippen LogP contribution is 2.25. The lowest BCUT2D eigenvalue weighted by Crippen LogP contribution is -2.37. The summed E-state index contributed by atoms with van der Waals surface area (Å²) in [5.74, 6) is 0.246. The van der Waals surface area contributed by atoms with Gasteiger partial charge in [-0.1, -0.05) is 18.2 Å². The van der Waals surface area contributed by atoms with E-state index in [2.05, 4.69) is 30.4 Å². The Labute approximate surface area is 121 Å². The number of amides is 1. The van der Waals surface area contributed by atoms with E-state index in [4.69, 9.17) is 0 Å². The fourth-order valence-corrected chi connectivity index (χ4v) is 3.30. The predicted octanol–water partition coefficient (Wildman–Crippen LogP) is 2.45. The van der Waals surface area contributed by atoms with Crippen LogP contribution in [0.1, 0.15) is 48.9 Å². The third kappa shape index (κ3) is 2.88. The molecule has 1 aromatic carbocycles. The summed E-state index contributed by atoms with van der Waals surface area (Å²) in [6.45, 7) is 4.48. The third-order valence-electron chi connectivity index (χ3n) is 4.64. The molecule has 2 aliphatic rings. The molecule has 0 aromatic heterocycles. The molecule has 108 valence electrons. The van der Waals surface area contributed by atoms with Gasteiger partial charge in [0.2, 0.25) is 5.91 Å². The maximum Gasteiger partial charge on any atom is 0.236 e. The molecule has 1 saturated heterocycles. The Hall–Kier alpha value is -1.35. The summed E-state index contributed by atoms with van der Waals surface area (Å²) in [6.07, 6.45) is 6.04. The smallest absolute Gasteiger partial charge is 0.236 e. The molecule has 1 amide bonds. The average Bonchev–Trinajstić information content (AvgIpc) is 3.13. The number of rotatable bonds is 4. The van der Waals surface area contributed by atoms with Gasteiger partial charge in [-0.25, -0.2) is 0 Å². The quantitative estimate of drug-likeness (QED) is 0.913. The first-order valence-electron chi connectivity index (χ1n) is 7.87. The SMILES string of the molecule is CC(NCC(=O)N1CCCC1)c1ccc2c(c1)CCC2. The van der Waals surface area contributed by atoms with Crippen molar-refractivity contribution < 1.29 is 4.79 Å². The Morgan fingerprint density at radius 2 is 1.95 bits per heavy atom. The number of nitrogens with zero attached hydrogens (tertiary/aromatic N) is 1. The van der Waals surface area contributed by atoms with Crippen molar-refractivity contribution >= 4 is 5.91 Å². The lowest BCUT2D eigenvalue weighted by atomic mass is 10.0. The number of fused-ring (bicyclic) bond motifs is 1. The average molecular weight is 272 g/mol. The molecule has 1 unspecified atom stereocenters. The molecule has 0 radical (unpaired) electrons. The monoisotopic (exact) mass is 272 g/mol. The molecule has 1 aromatic rings. The van der Waals surface area contributed by atoms with Crippen LogP contribution in [0.15, 0.2) is 18.2 Å². The first kappa shape index (κ1) is 13.6. The van der Waals surface area contributed by atoms with Crippen LogP contribution >= 0.6 is 0 Å². The van der Waals surface area contributed by atoms with Gasteiger partial charge in [0, 0.05) is 19.1 Å². The van der Waals surface area contributed by atoms with Crippen LogP contribution in [0.5, 0.6) is 0 Å². The largest absolute Gasteiger partial charge is 0.342 e. The third-order valence-corrected chi connectivity index (χ3v) is 4.64. The number of likely N-dealkylation sites (tertiary alicyclic amines) is 1. The highest BCUT2D eigenvalue weighted by atomic mass is 16.2. The highest BCUT2D eigenvalue weighted by molar-refractivity contribution is 5.78. The standard InChI is InChI=1S/C17H24N2O/c1-13(18-12-17(20)19-9-2-3-10-19)15-8-7-14-5-4-6-16(14)11-15/h7-8,11,13,18H,2-6,9-10,12H2,1H3. The van der Waals surface area contributed by atoms with Gasteiger partial charge in [-0.15, -0.1) is 0 Å². The van der Waals surface area contributed by atoms with Gasteiger partial charge in [-0.2, -0.15) is 0 Å². The highest BCUT2D eigenvalue weighted by Gasteiger charge is 2.19. The van der Waals surface area contributed by atoms with Crippen molar-refractivity contribution in [3.05, 3.63) is 34.9 Å². The van der Waals surface area contributed by atoms with Crippen molar-refractivity contribution in [1.82, 2.24) is 10.2 Å². The lowest BCUT2D eigenvalue weighted by Gasteiger charge is -2.19. The summed E-state index contributed by atoms with van der Waals surface area (Å²) in [6, 6.07) is 7.04. The van der Waals surface area contributed by atoms with Gasteiger partial charge in [-0.3, -0.25) is 4.79 Å². The Morgan fingerprint density at radius 3 is 2.75 bits per heavy atom. The van der Waals surface area contributed by atoms with E-state index >= 15 is 0 Å². The second-order valence-corrected chi connectivity index (χ2v) is 6.07. The van der Waals surface area contributed by atoms with Crippen molar-refractivity contribution in [3.63, 3.8) is 0 Å². The van der Waals surface area contributed by atoms with E-state index in [1.807, 2.05) is 4.90 Å². The van der Waals surface area contributed by atoms with Crippen molar-refractivity contribution in [1.29, 1.82) is 0 Å². The number of carbonyl (C=O) groups is 1. The molecule has 3 heteroatoms. The van der Waals surface area contributed by atoms with Crippen LogP contribution in [0.2, 0.25) is 0 Å². The van der Waals surface area contributed by atoms with Crippen LogP contribution in [0.25, 0.3) is 0 Å². The molecule has 20 heavy (non-hydrogen) atoms. The van der Waals surface area contributed by atoms with E-state index < -0.39 is 0 Å². The molecule has 0 saturated carbocycles. The van der Waals surface area contributed by atoms with Crippen LogP contribution in [-0.4, -0.2) is 30.4 Å². The Morgan fingerprint density at radius 1 is 1.20 bits per heavy atom. The number of hydrogen-bond donors (Lipinski definition) is 1. The Kier molecular flexibility index (Phi) is 4.06. The fraction of sp³-hybridized carbons (Fsp3) is 0.588. The number of aryl methyl sites for hydroxylation is 2. The van der Waals surface area contributed by atoms with Gasteiger partial charge in [0.05, 0.1) is 6.54 Å². The molecule has 1 N–H and O–H groups in total. The van der Waals surface area contributed by atoms with Crippen molar-refractivity contribution in [2.45, 2.75) is 45.1 Å². The van der Waals surface area contributed by atoms with E-state index in [0.717, 1.165) is 25.9 Å². The number of nitrogens with one attached hydrogen (secondary N) is 1. The fourth-order valence-electron chi connectivity index (χ4n) is 3.30. The van der Waals surface area contributed by atoms with Crippen molar-refractivity contribution in [2.24, 2.45) is 0 Å². The van der Waals surface area contributed by atoms with Gasteiger partial charge in [0.15, 0.2) is 0 Å². The topological polar surface area (TPSA) is 32.3 Å². The van der Waals surface area contributed by atoms with Gasteiger partial charge in [-0.05, 0) is 55.7 Å². The summed E-state index contributed by atoms with van der Waals surface area (Å²) >= 11 is 0. The van der Waals surface area contributed by atoms with Crippen LogP contribution in [0.3, 0.4) is 0 Å². The molecule has 0 spiro atoms. The first-order valence-corrected chi connectivity index (χ1v) is 7.87. The molecule has 1 aliphatic heterocycles. The summed E-state index contributed by atoms with van der Waals surface area (Å²) < 4.78 is 0. The molecule has 1 heterocycles. The zero-order valence-electron chi connectivity index (χ0n) is 12.3. The van der Waals surface area contributed by atoms with Gasteiger partial charge in [0.25, 0.3) is 0 Å². The van der Waals surface area contributed by atoms with Crippen LogP contribution in [0.4, 0.5) is 0 Å². The zero-order valence-corrected chi connectivity index (χ0v) is 12.3. The van der Waals surface area contributed by atoms with Crippen LogP contribution in [0, 0.1) is 0 Å². The lowest BCUT2D eigenvalue weighted by molar-refractivity contribution is -0.129. The maximum atomic E-state index is 12.0. The molecular weight excluding hydrogens is 248 g/mol. The molecule has 1 atom stereocenters. The minimum atomic E-state index is 0.243. The van der Waals surface area contributed by atoms with Gasteiger partial charge < -0.3 is 10.2 Å². The summed E-state index contributed by atoms with van der Waals surface area (Å²) in [7, 11) is 0. The second kappa shape index (κ2) is 5.96. The van der Waals surface area contributed by atoms with Gasteiger partial charge in [0.1, 0.15) is 0 Å². The zero-order chi connectivity index (χ0) is 13.9. The van der Waals surface area contributed by atoms with Crippen molar-refractivity contribution in [3.8, 4) is 0 Å². The van der Waals surface area contributed by atoms with Crippen molar-refractivity contribution in [2.75, 3.05) is 19.6 Å². The van der Waals surface area contributed by atoms with Crippen LogP contribution in [-0.2, 0) is 17.6 Å². The maximum absolute atomic E-state index is 12.0. The molecule has 1 aliphatic carbocycles. The first-order chi connectivity index (χ1) is 9.74. The minimum Gasteiger partial charge on any atom is -0.342 e. The minimum absolute atomic E-state index is 0.243. The molecule has 3 rings (SSSR count). The van der Waals surface area contributed by atoms with E-state index in [1.54, 1.807) is 0 Å². The molecule has 1 fully saturated rings. The van der Waals surface area contributed by atoms with Gasteiger partial charge >= 0.3 is 0 Å². The number of carbonyl (C=O) groups excluding carboxylic acids is 1. The number of hydrogen-bond acceptors (Lipinski definition) is 2. The Balaban J connectivity index is 1.56. The summed E-state index contributed by atoms with van der Waals surface area (Å²) in [5.41, 5.74) is 4.32. The second-order valence-electron chi connectivity index (χ2n) is 6.07. The molecule has 0 bridgehead atoms. The predicted molar refractivity (Wildman–Crippen MR) is 80.7 cm³/mol. The van der Waals surface area contributed by atoms with E-state index in [0.29, 0.717) is 6.54 Å². The van der Waals surface area contributed by atoms with Crippen LogP contribution < -0.4 is 5.32 Å². The summed E-state index contributed by atoms with van der Waals surface area (Å²) in [4.78, 5) is 14.0.